The second-order valence-corrected chi connectivity index (χ2v) is 5.95. The molecule has 1 aliphatic rings. The topological polar surface area (TPSA) is 38.2 Å². The summed E-state index contributed by atoms with van der Waals surface area (Å²) in [5.74, 6) is 0. The van der Waals surface area contributed by atoms with Gasteiger partial charge < -0.3 is 9.64 Å². The van der Waals surface area contributed by atoms with E-state index in [-0.39, 0.29) is 0 Å². The van der Waals surface area contributed by atoms with Gasteiger partial charge in [-0.05, 0) is 60.1 Å². The van der Waals surface area contributed by atoms with E-state index in [1.807, 2.05) is 0 Å². The molecule has 4 nitrogen and oxygen atoms in total. The lowest BCUT2D eigenvalue weighted by molar-refractivity contribution is 0.232. The number of nitrogens with zero attached hydrogens (tertiary/aromatic N) is 3. The third-order valence-corrected chi connectivity index (χ3v) is 4.00. The Morgan fingerprint density at radius 2 is 2.47 bits per heavy atom. The fraction of sp³-hybridized carbons (Fsp3) is 0.778. The van der Waals surface area contributed by atoms with Gasteiger partial charge in [0.1, 0.15) is 0 Å². The second-order valence-electron chi connectivity index (χ2n) is 3.73. The van der Waals surface area contributed by atoms with Gasteiger partial charge in [0.05, 0.1) is 6.61 Å². The lowest BCUT2D eigenvalue weighted by atomic mass is 10.2. The summed E-state index contributed by atoms with van der Waals surface area (Å²) in [6.07, 6.45) is 3.68. The third-order valence-electron chi connectivity index (χ3n) is 2.73. The highest BCUT2D eigenvalue weighted by atomic mass is 79.9. The third kappa shape index (κ3) is 3.12. The van der Waals surface area contributed by atoms with Crippen molar-refractivity contribution < 1.29 is 4.74 Å². The zero-order valence-electron chi connectivity index (χ0n) is 8.65. The minimum absolute atomic E-state index is 0.655. The molecular formula is C9H14BrN3OS. The molecule has 1 aromatic heterocycles. The van der Waals surface area contributed by atoms with Crippen LogP contribution in [0, 0.1) is 0 Å². The van der Waals surface area contributed by atoms with Gasteiger partial charge in [-0.2, -0.15) is 0 Å². The van der Waals surface area contributed by atoms with Crippen LogP contribution in [-0.2, 0) is 0 Å². The molecule has 1 aliphatic heterocycles. The molecule has 0 N–H and O–H groups in total. The van der Waals surface area contributed by atoms with Gasteiger partial charge in [-0.1, -0.05) is 5.10 Å². The monoisotopic (exact) mass is 291 g/mol. The van der Waals surface area contributed by atoms with E-state index in [9.17, 15) is 0 Å². The summed E-state index contributed by atoms with van der Waals surface area (Å²) in [5.41, 5.74) is 0. The van der Waals surface area contributed by atoms with Gasteiger partial charge in [0.15, 0.2) is 3.92 Å². The van der Waals surface area contributed by atoms with Crippen molar-refractivity contribution in [2.75, 3.05) is 20.2 Å². The predicted molar refractivity (Wildman–Crippen MR) is 63.4 cm³/mol. The molecule has 1 unspecified atom stereocenters. The van der Waals surface area contributed by atoms with E-state index in [0.717, 1.165) is 16.9 Å². The number of hydrogen-bond acceptors (Lipinski definition) is 5. The second kappa shape index (κ2) is 5.23. The number of hydrogen-bond donors (Lipinski definition) is 0. The van der Waals surface area contributed by atoms with Crippen molar-refractivity contribution in [2.45, 2.75) is 25.3 Å². The van der Waals surface area contributed by atoms with Crippen LogP contribution in [0.1, 0.15) is 19.3 Å². The molecule has 0 radical (unpaired) electrons. The van der Waals surface area contributed by atoms with E-state index in [2.05, 4.69) is 38.1 Å². The molecule has 15 heavy (non-hydrogen) atoms. The van der Waals surface area contributed by atoms with Gasteiger partial charge in [0, 0.05) is 6.04 Å². The Morgan fingerprint density at radius 1 is 1.60 bits per heavy atom. The van der Waals surface area contributed by atoms with Crippen molar-refractivity contribution in [3.8, 4) is 5.19 Å². The first-order valence-electron chi connectivity index (χ1n) is 5.08. The highest BCUT2D eigenvalue weighted by Crippen LogP contribution is 2.23. The van der Waals surface area contributed by atoms with Gasteiger partial charge in [-0.15, -0.1) is 5.10 Å². The van der Waals surface area contributed by atoms with Crippen molar-refractivity contribution in [1.82, 2.24) is 15.1 Å². The summed E-state index contributed by atoms with van der Waals surface area (Å²) in [7, 11) is 2.18. The molecule has 1 fully saturated rings. The van der Waals surface area contributed by atoms with Crippen LogP contribution in [0.3, 0.4) is 0 Å². The van der Waals surface area contributed by atoms with Gasteiger partial charge in [-0.3, -0.25) is 0 Å². The van der Waals surface area contributed by atoms with Crippen molar-refractivity contribution in [3.63, 3.8) is 0 Å². The molecule has 0 saturated carbocycles. The molecule has 6 heteroatoms. The number of rotatable bonds is 4. The fourth-order valence-corrected chi connectivity index (χ4v) is 2.82. The maximum atomic E-state index is 5.53. The minimum Gasteiger partial charge on any atom is -0.469 e. The average Bonchev–Trinajstić information content (AvgIpc) is 2.77. The molecule has 0 spiro atoms. The van der Waals surface area contributed by atoms with Crippen LogP contribution < -0.4 is 4.74 Å². The Kier molecular flexibility index (Phi) is 3.93. The van der Waals surface area contributed by atoms with E-state index < -0.39 is 0 Å². The summed E-state index contributed by atoms with van der Waals surface area (Å²) in [5, 5.41) is 8.37. The molecular weight excluding hydrogens is 278 g/mol. The van der Waals surface area contributed by atoms with Crippen molar-refractivity contribution in [3.05, 3.63) is 3.92 Å². The summed E-state index contributed by atoms with van der Waals surface area (Å²) in [6, 6.07) is 0.682. The number of ether oxygens (including phenoxy) is 1. The molecule has 2 rings (SSSR count). The largest absolute Gasteiger partial charge is 0.469 e. The Hall–Kier alpha value is -0.200. The van der Waals surface area contributed by atoms with Crippen LogP contribution in [0.25, 0.3) is 0 Å². The van der Waals surface area contributed by atoms with Crippen LogP contribution in [0.2, 0.25) is 0 Å². The smallest absolute Gasteiger partial charge is 0.294 e. The van der Waals surface area contributed by atoms with Crippen LogP contribution in [0.15, 0.2) is 3.92 Å². The highest BCUT2D eigenvalue weighted by molar-refractivity contribution is 9.11. The van der Waals surface area contributed by atoms with Gasteiger partial charge >= 0.3 is 0 Å². The van der Waals surface area contributed by atoms with Crippen LogP contribution in [0.4, 0.5) is 0 Å². The quantitative estimate of drug-likeness (QED) is 0.852. The van der Waals surface area contributed by atoms with Crippen molar-refractivity contribution in [1.29, 1.82) is 0 Å². The standard InChI is InChI=1S/C9H14BrN3OS/c1-13-5-2-3-7(13)4-6-14-9-12-11-8(10)15-9/h7H,2-6H2,1H3. The highest BCUT2D eigenvalue weighted by Gasteiger charge is 2.20. The van der Waals surface area contributed by atoms with Crippen molar-refractivity contribution >= 4 is 27.3 Å². The summed E-state index contributed by atoms with van der Waals surface area (Å²) in [6.45, 7) is 1.95. The summed E-state index contributed by atoms with van der Waals surface area (Å²) < 4.78 is 6.30. The van der Waals surface area contributed by atoms with E-state index in [1.165, 1.54) is 30.7 Å². The van der Waals surface area contributed by atoms with E-state index >= 15 is 0 Å². The van der Waals surface area contributed by atoms with E-state index in [0.29, 0.717) is 11.2 Å². The van der Waals surface area contributed by atoms with Gasteiger partial charge in [-0.25, -0.2) is 0 Å². The Bertz CT molecular complexity index is 320. The SMILES string of the molecule is CN1CCCC1CCOc1nnc(Br)s1. The Labute approximate surface area is 102 Å². The number of aromatic nitrogens is 2. The van der Waals surface area contributed by atoms with Crippen LogP contribution in [0.5, 0.6) is 5.19 Å². The fourth-order valence-electron chi connectivity index (χ4n) is 1.88. The normalized spacial score (nSPS) is 22.1. The van der Waals surface area contributed by atoms with Crippen LogP contribution in [-0.4, -0.2) is 41.3 Å². The Morgan fingerprint density at radius 3 is 3.07 bits per heavy atom. The molecule has 0 aromatic carbocycles. The molecule has 1 atom stereocenters. The molecule has 0 aliphatic carbocycles. The first kappa shape index (κ1) is 11.3. The maximum absolute atomic E-state index is 5.53. The lowest BCUT2D eigenvalue weighted by Crippen LogP contribution is -2.26. The zero-order valence-corrected chi connectivity index (χ0v) is 11.1. The minimum atomic E-state index is 0.655. The maximum Gasteiger partial charge on any atom is 0.294 e. The number of halogens is 1. The summed E-state index contributed by atoms with van der Waals surface area (Å²) in [4.78, 5) is 2.40. The van der Waals surface area contributed by atoms with Crippen molar-refractivity contribution in [2.24, 2.45) is 0 Å². The first-order valence-corrected chi connectivity index (χ1v) is 6.68. The molecule has 1 saturated heterocycles. The molecule has 84 valence electrons. The summed E-state index contributed by atoms with van der Waals surface area (Å²) >= 11 is 4.69. The number of likely N-dealkylation sites (tertiary alicyclic amines) is 1. The Balaban J connectivity index is 1.70. The average molecular weight is 292 g/mol. The molecule has 0 bridgehead atoms. The molecule has 2 heterocycles. The van der Waals surface area contributed by atoms with E-state index in [4.69, 9.17) is 4.74 Å². The molecule has 0 amide bonds. The predicted octanol–water partition coefficient (Wildman–Crippen LogP) is 2.16. The zero-order chi connectivity index (χ0) is 10.7. The molecule has 1 aromatic rings. The van der Waals surface area contributed by atoms with Gasteiger partial charge in [0.25, 0.3) is 5.19 Å². The van der Waals surface area contributed by atoms with Crippen LogP contribution >= 0.6 is 27.3 Å². The van der Waals surface area contributed by atoms with Gasteiger partial charge in [0.2, 0.25) is 0 Å². The first-order chi connectivity index (χ1) is 7.25. The van der Waals surface area contributed by atoms with E-state index in [1.54, 1.807) is 0 Å². The lowest BCUT2D eigenvalue weighted by Gasteiger charge is -2.18.